The van der Waals surface area contributed by atoms with Crippen LogP contribution in [0.15, 0.2) is 18.2 Å². The minimum absolute atomic E-state index is 0.0627. The topological polar surface area (TPSA) is 55.8 Å². The first kappa shape index (κ1) is 20.3. The molecular weight excluding hydrogens is 338 g/mol. The number of anilines is 1. The molecule has 1 amide bonds. The number of piperidine rings is 1. The van der Waals surface area contributed by atoms with Crippen molar-refractivity contribution >= 4 is 11.6 Å². The zero-order chi connectivity index (χ0) is 19.6. The molecule has 150 valence electrons. The van der Waals surface area contributed by atoms with Crippen LogP contribution in [0.4, 0.5) is 5.69 Å². The highest BCUT2D eigenvalue weighted by Crippen LogP contribution is 2.37. The van der Waals surface area contributed by atoms with Crippen LogP contribution in [0.1, 0.15) is 49.7 Å². The minimum Gasteiger partial charge on any atom is -0.393 e. The Kier molecular flexibility index (Phi) is 6.24. The summed E-state index contributed by atoms with van der Waals surface area (Å²) in [5.74, 6) is 0.200. The molecule has 1 saturated heterocycles. The maximum atomic E-state index is 14.1. The monoisotopic (exact) mass is 373 g/mol. The predicted molar refractivity (Wildman–Crippen MR) is 110 cm³/mol. The van der Waals surface area contributed by atoms with Gasteiger partial charge in [0.25, 0.3) is 0 Å². The number of para-hydroxylation sites is 1. The van der Waals surface area contributed by atoms with E-state index in [2.05, 4.69) is 47.2 Å². The van der Waals surface area contributed by atoms with Gasteiger partial charge in [0.1, 0.15) is 5.54 Å². The summed E-state index contributed by atoms with van der Waals surface area (Å²) in [5.41, 5.74) is 2.82. The van der Waals surface area contributed by atoms with Crippen LogP contribution in [-0.4, -0.2) is 60.8 Å². The fourth-order valence-corrected chi connectivity index (χ4v) is 4.93. The van der Waals surface area contributed by atoms with E-state index in [9.17, 15) is 9.90 Å². The normalized spacial score (nSPS) is 25.4. The van der Waals surface area contributed by atoms with E-state index >= 15 is 0 Å². The van der Waals surface area contributed by atoms with Gasteiger partial charge in [-0.15, -0.1) is 0 Å². The van der Waals surface area contributed by atoms with Crippen molar-refractivity contribution in [2.45, 2.75) is 70.1 Å². The molecule has 0 aromatic heterocycles. The third kappa shape index (κ3) is 3.91. The maximum Gasteiger partial charge on any atom is 0.247 e. The molecule has 1 aromatic rings. The van der Waals surface area contributed by atoms with E-state index in [-0.39, 0.29) is 18.1 Å². The molecule has 1 heterocycles. The third-order valence-electron chi connectivity index (χ3n) is 6.57. The van der Waals surface area contributed by atoms with Gasteiger partial charge in [-0.1, -0.05) is 18.2 Å². The largest absolute Gasteiger partial charge is 0.393 e. The quantitative estimate of drug-likeness (QED) is 0.852. The predicted octanol–water partition coefficient (Wildman–Crippen LogP) is 2.62. The van der Waals surface area contributed by atoms with Gasteiger partial charge < -0.3 is 15.3 Å². The Balaban J connectivity index is 2.07. The number of likely N-dealkylation sites (N-methyl/N-ethyl adjacent to an activating group) is 1. The molecule has 5 nitrogen and oxygen atoms in total. The molecule has 1 aliphatic heterocycles. The van der Waals surface area contributed by atoms with E-state index in [0.29, 0.717) is 6.42 Å². The van der Waals surface area contributed by atoms with Crippen LogP contribution in [0.2, 0.25) is 0 Å². The smallest absolute Gasteiger partial charge is 0.247 e. The van der Waals surface area contributed by atoms with E-state index in [1.165, 1.54) is 0 Å². The number of hydrogen-bond donors (Lipinski definition) is 2. The summed E-state index contributed by atoms with van der Waals surface area (Å²) in [6, 6.07) is 6.30. The lowest BCUT2D eigenvalue weighted by Crippen LogP contribution is -2.63. The highest BCUT2D eigenvalue weighted by atomic mass is 16.3. The third-order valence-corrected chi connectivity index (χ3v) is 6.57. The number of carbonyl (C=O) groups excluding carboxylic acids is 1. The summed E-state index contributed by atoms with van der Waals surface area (Å²) >= 11 is 0. The summed E-state index contributed by atoms with van der Waals surface area (Å²) < 4.78 is 0. The van der Waals surface area contributed by atoms with Crippen LogP contribution >= 0.6 is 0 Å². The Morgan fingerprint density at radius 2 is 1.78 bits per heavy atom. The van der Waals surface area contributed by atoms with Crippen LogP contribution in [0.3, 0.4) is 0 Å². The second kappa shape index (κ2) is 8.29. The van der Waals surface area contributed by atoms with Crippen LogP contribution < -0.4 is 10.2 Å². The van der Waals surface area contributed by atoms with Gasteiger partial charge in [0, 0.05) is 11.7 Å². The van der Waals surface area contributed by atoms with Gasteiger partial charge in [0.2, 0.25) is 5.91 Å². The maximum absolute atomic E-state index is 14.1. The van der Waals surface area contributed by atoms with Crippen molar-refractivity contribution in [3.63, 3.8) is 0 Å². The molecule has 0 radical (unpaired) electrons. The Hall–Kier alpha value is -1.43. The molecule has 1 aromatic carbocycles. The molecule has 2 fully saturated rings. The van der Waals surface area contributed by atoms with Gasteiger partial charge in [-0.3, -0.25) is 9.69 Å². The molecule has 3 rings (SSSR count). The zero-order valence-corrected chi connectivity index (χ0v) is 17.3. The van der Waals surface area contributed by atoms with Gasteiger partial charge >= 0.3 is 0 Å². The lowest BCUT2D eigenvalue weighted by atomic mass is 9.83. The van der Waals surface area contributed by atoms with E-state index in [0.717, 1.165) is 62.0 Å². The molecular formula is C22H35N3O2. The van der Waals surface area contributed by atoms with Crippen molar-refractivity contribution < 1.29 is 9.90 Å². The second-order valence-corrected chi connectivity index (χ2v) is 8.57. The Labute approximate surface area is 163 Å². The van der Waals surface area contributed by atoms with E-state index in [4.69, 9.17) is 0 Å². The van der Waals surface area contributed by atoms with Crippen molar-refractivity contribution in [2.75, 3.05) is 32.1 Å². The first-order chi connectivity index (χ1) is 12.9. The van der Waals surface area contributed by atoms with Crippen LogP contribution in [-0.2, 0) is 4.79 Å². The molecule has 2 atom stereocenters. The van der Waals surface area contributed by atoms with Crippen molar-refractivity contribution in [3.8, 4) is 0 Å². The van der Waals surface area contributed by atoms with Crippen molar-refractivity contribution in [1.29, 1.82) is 0 Å². The number of hydrogen-bond acceptors (Lipinski definition) is 4. The molecule has 2 aliphatic rings. The molecule has 27 heavy (non-hydrogen) atoms. The molecule has 1 saturated carbocycles. The highest BCUT2D eigenvalue weighted by molar-refractivity contribution is 6.02. The van der Waals surface area contributed by atoms with Gasteiger partial charge in [0.15, 0.2) is 0 Å². The number of carbonyl (C=O) groups is 1. The molecule has 2 N–H and O–H groups in total. The molecule has 0 unspecified atom stereocenters. The van der Waals surface area contributed by atoms with Gasteiger partial charge in [-0.2, -0.15) is 0 Å². The summed E-state index contributed by atoms with van der Waals surface area (Å²) in [7, 11) is 4.06. The van der Waals surface area contributed by atoms with Crippen LogP contribution in [0.25, 0.3) is 0 Å². The Morgan fingerprint density at radius 1 is 1.15 bits per heavy atom. The average Bonchev–Trinajstić information content (AvgIpc) is 2.64. The fourth-order valence-electron chi connectivity index (χ4n) is 4.93. The summed E-state index contributed by atoms with van der Waals surface area (Å²) in [6.07, 6.45) is 4.75. The number of benzene rings is 1. The number of aliphatic hydroxyl groups excluding tert-OH is 1. The van der Waals surface area contributed by atoms with Crippen molar-refractivity contribution in [1.82, 2.24) is 10.2 Å². The number of amides is 1. The Morgan fingerprint density at radius 3 is 2.33 bits per heavy atom. The number of aryl methyl sites for hydroxylation is 2. The summed E-state index contributed by atoms with van der Waals surface area (Å²) in [6.45, 7) is 5.90. The van der Waals surface area contributed by atoms with Gasteiger partial charge in [0.05, 0.1) is 6.10 Å². The minimum atomic E-state index is -0.484. The number of nitrogens with one attached hydrogen (secondary N) is 1. The van der Waals surface area contributed by atoms with E-state index in [1.807, 2.05) is 14.1 Å². The number of rotatable bonds is 4. The molecule has 5 heteroatoms. The molecule has 1 aliphatic carbocycles. The van der Waals surface area contributed by atoms with Gasteiger partial charge in [-0.25, -0.2) is 0 Å². The molecule has 0 bridgehead atoms. The average molecular weight is 374 g/mol. The van der Waals surface area contributed by atoms with Crippen LogP contribution in [0, 0.1) is 13.8 Å². The number of aliphatic hydroxyl groups is 1. The standard InChI is InChI=1S/C22H35N3O2/c1-16-7-5-8-17(2)20(16)25(18-9-6-10-19(26)15-18)21(27)22(24(3)4)11-13-23-14-12-22/h5,7-8,18-19,23,26H,6,9-15H2,1-4H3/t18-,19+/m1/s1. The summed E-state index contributed by atoms with van der Waals surface area (Å²) in [5, 5.41) is 13.7. The SMILES string of the molecule is Cc1cccc(C)c1N(C(=O)C1(N(C)C)CCNCC1)[C@@H]1CCC[C@H](O)C1. The lowest BCUT2D eigenvalue weighted by Gasteiger charge is -2.47. The highest BCUT2D eigenvalue weighted by Gasteiger charge is 2.47. The summed E-state index contributed by atoms with van der Waals surface area (Å²) in [4.78, 5) is 18.3. The first-order valence-corrected chi connectivity index (χ1v) is 10.3. The van der Waals surface area contributed by atoms with E-state index in [1.54, 1.807) is 0 Å². The van der Waals surface area contributed by atoms with Crippen LogP contribution in [0.5, 0.6) is 0 Å². The van der Waals surface area contributed by atoms with Crippen molar-refractivity contribution in [3.05, 3.63) is 29.3 Å². The number of nitrogens with zero attached hydrogens (tertiary/aromatic N) is 2. The van der Waals surface area contributed by atoms with Crippen molar-refractivity contribution in [2.24, 2.45) is 0 Å². The van der Waals surface area contributed by atoms with Gasteiger partial charge in [-0.05, 0) is 90.7 Å². The van der Waals surface area contributed by atoms with E-state index < -0.39 is 5.54 Å². The molecule has 0 spiro atoms. The Bertz CT molecular complexity index is 647. The fraction of sp³-hybridized carbons (Fsp3) is 0.682. The lowest BCUT2D eigenvalue weighted by molar-refractivity contribution is -0.131. The zero-order valence-electron chi connectivity index (χ0n) is 17.3. The second-order valence-electron chi connectivity index (χ2n) is 8.57. The first-order valence-electron chi connectivity index (χ1n) is 10.3.